The molecule has 0 aliphatic carbocycles. The Bertz CT molecular complexity index is 2620. The highest BCUT2D eigenvalue weighted by atomic mass is 35.5. The summed E-state index contributed by atoms with van der Waals surface area (Å²) in [5.74, 6) is -0.629. The summed E-state index contributed by atoms with van der Waals surface area (Å²) in [6.45, 7) is 8.21. The van der Waals surface area contributed by atoms with E-state index in [1.807, 2.05) is 76.7 Å². The average Bonchev–Trinajstić information content (AvgIpc) is 3.77. The van der Waals surface area contributed by atoms with Crippen LogP contribution in [0.3, 0.4) is 0 Å². The number of anilines is 2. The van der Waals surface area contributed by atoms with Crippen LogP contribution < -0.4 is 9.64 Å². The second kappa shape index (κ2) is 14.9. The number of aromatic nitrogens is 2. The molecule has 1 N–H and O–H groups in total. The maximum atomic E-state index is 15.3. The summed E-state index contributed by atoms with van der Waals surface area (Å²) in [6, 6.07) is 29.5. The van der Waals surface area contributed by atoms with Crippen molar-refractivity contribution >= 4 is 57.8 Å². The number of hydrogen-bond acceptors (Lipinski definition) is 5. The fraction of sp³-hybridized carbons (Fsp3) is 0.261. The molecule has 0 spiro atoms. The van der Waals surface area contributed by atoms with Gasteiger partial charge in [0.15, 0.2) is 0 Å². The number of carboxylic acid groups (broad SMARTS) is 1. The molecule has 0 unspecified atom stereocenters. The summed E-state index contributed by atoms with van der Waals surface area (Å²) < 4.78 is 9.58. The molecular formula is C46H44ClN5O6. The zero-order valence-electron chi connectivity index (χ0n) is 33.0. The van der Waals surface area contributed by atoms with E-state index >= 15 is 4.79 Å². The highest BCUT2D eigenvalue weighted by molar-refractivity contribution is 6.31. The molecule has 0 saturated heterocycles. The van der Waals surface area contributed by atoms with Crippen LogP contribution in [0.4, 0.5) is 16.2 Å². The highest BCUT2D eigenvalue weighted by Gasteiger charge is 2.35. The van der Waals surface area contributed by atoms with Crippen molar-refractivity contribution in [1.82, 2.24) is 18.9 Å². The van der Waals surface area contributed by atoms with Gasteiger partial charge >= 0.3 is 12.1 Å². The van der Waals surface area contributed by atoms with Gasteiger partial charge in [-0.2, -0.15) is 0 Å². The third-order valence-electron chi connectivity index (χ3n) is 11.1. The number of hydrogen-bond donors (Lipinski definition) is 1. The first kappa shape index (κ1) is 38.5. The maximum absolute atomic E-state index is 15.3. The lowest BCUT2D eigenvalue weighted by Crippen LogP contribution is -2.42. The molecule has 0 saturated carbocycles. The van der Waals surface area contributed by atoms with Gasteiger partial charge in [-0.15, -0.1) is 0 Å². The van der Waals surface area contributed by atoms with Crippen molar-refractivity contribution in [2.45, 2.75) is 59.8 Å². The van der Waals surface area contributed by atoms with Crippen LogP contribution in [0, 0.1) is 5.41 Å². The van der Waals surface area contributed by atoms with Crippen LogP contribution in [0.25, 0.3) is 22.2 Å². The topological polar surface area (TPSA) is 117 Å². The van der Waals surface area contributed by atoms with Gasteiger partial charge in [-0.1, -0.05) is 35.9 Å². The number of carbonyl (C=O) groups excluding carboxylic acids is 3. The SMILES string of the molecule is C[C@@H]1Cc2ccccc2CN1C(=O)c1ccc(Cl)cc1-c1cc(C(=O)N(c2ccc(OC(=O)C(C)(C)C)cc2)c2ccc3c(ccn3C)c2)c2n1CCN(C(=O)O)C2. The third kappa shape index (κ3) is 7.11. The van der Waals surface area contributed by atoms with Crippen LogP contribution in [0.15, 0.2) is 103 Å². The number of benzene rings is 4. The van der Waals surface area contributed by atoms with Gasteiger partial charge in [0.1, 0.15) is 5.75 Å². The Morgan fingerprint density at radius 1 is 0.828 bits per heavy atom. The van der Waals surface area contributed by atoms with Crippen LogP contribution in [0.5, 0.6) is 5.75 Å². The fourth-order valence-corrected chi connectivity index (χ4v) is 8.09. The minimum absolute atomic E-state index is 0.0482. The van der Waals surface area contributed by atoms with Crippen LogP contribution in [0.1, 0.15) is 65.2 Å². The molecule has 4 aromatic carbocycles. The van der Waals surface area contributed by atoms with Crippen molar-refractivity contribution < 1.29 is 29.0 Å². The van der Waals surface area contributed by atoms with E-state index < -0.39 is 23.4 Å². The highest BCUT2D eigenvalue weighted by Crippen LogP contribution is 2.39. The molecule has 2 aliphatic rings. The molecule has 4 heterocycles. The number of esters is 1. The first-order chi connectivity index (χ1) is 27.7. The first-order valence-corrected chi connectivity index (χ1v) is 19.7. The summed E-state index contributed by atoms with van der Waals surface area (Å²) in [7, 11) is 1.95. The molecule has 58 heavy (non-hydrogen) atoms. The first-order valence-electron chi connectivity index (χ1n) is 19.3. The van der Waals surface area contributed by atoms with Gasteiger partial charge in [0.2, 0.25) is 0 Å². The number of carbonyl (C=O) groups is 4. The molecule has 8 rings (SSSR count). The number of halogens is 1. The lowest BCUT2D eigenvalue weighted by molar-refractivity contribution is -0.143. The smallest absolute Gasteiger partial charge is 0.407 e. The predicted octanol–water partition coefficient (Wildman–Crippen LogP) is 9.31. The third-order valence-corrected chi connectivity index (χ3v) is 11.4. The fourth-order valence-electron chi connectivity index (χ4n) is 7.92. The van der Waals surface area contributed by atoms with Crippen LogP contribution in [-0.2, 0) is 37.9 Å². The molecule has 2 aromatic heterocycles. The van der Waals surface area contributed by atoms with Gasteiger partial charge in [0.25, 0.3) is 11.8 Å². The second-order valence-electron chi connectivity index (χ2n) is 16.1. The molecule has 12 heteroatoms. The molecule has 296 valence electrons. The number of nitrogens with zero attached hydrogens (tertiary/aromatic N) is 5. The summed E-state index contributed by atoms with van der Waals surface area (Å²) in [6.07, 6.45) is 1.57. The van der Waals surface area contributed by atoms with Crippen molar-refractivity contribution in [3.63, 3.8) is 0 Å². The van der Waals surface area contributed by atoms with Crippen molar-refractivity contribution in [2.75, 3.05) is 11.4 Å². The van der Waals surface area contributed by atoms with E-state index in [9.17, 15) is 19.5 Å². The Labute approximate surface area is 341 Å². The minimum atomic E-state index is -1.10. The maximum Gasteiger partial charge on any atom is 0.407 e. The lowest BCUT2D eigenvalue weighted by Gasteiger charge is -2.35. The Morgan fingerprint density at radius 3 is 2.28 bits per heavy atom. The van der Waals surface area contributed by atoms with Gasteiger partial charge in [0, 0.05) is 77.3 Å². The second-order valence-corrected chi connectivity index (χ2v) is 16.6. The normalized spacial score (nSPS) is 15.2. The van der Waals surface area contributed by atoms with Gasteiger partial charge in [-0.05, 0) is 118 Å². The lowest BCUT2D eigenvalue weighted by atomic mass is 9.93. The molecular weight excluding hydrogens is 754 g/mol. The van der Waals surface area contributed by atoms with Crippen LogP contribution >= 0.6 is 11.6 Å². The number of ether oxygens (including phenoxy) is 1. The number of fused-ring (bicyclic) bond motifs is 3. The van der Waals surface area contributed by atoms with Crippen molar-refractivity contribution in [3.05, 3.63) is 136 Å². The standard InChI is InChI=1S/C46H44ClN5O6/c1-28-22-29-8-6-7-9-31(29)26-51(28)42(53)36-16-10-32(47)24-37(36)40-25-38(41-27-49(45(56)57)20-21-50(40)41)43(54)52(34-13-17-39-30(23-34)18-19-48(39)5)33-11-14-35(15-12-33)58-44(55)46(2,3)4/h6-19,23-25,28H,20-22,26-27H2,1-5H3,(H,56,57)/t28-/m1/s1. The Balaban J connectivity index is 1.25. The van der Waals surface area contributed by atoms with Gasteiger partial charge in [-0.3, -0.25) is 19.3 Å². The van der Waals surface area contributed by atoms with Crippen molar-refractivity contribution in [3.8, 4) is 17.0 Å². The van der Waals surface area contributed by atoms with E-state index in [1.54, 1.807) is 74.2 Å². The largest absolute Gasteiger partial charge is 0.465 e. The Morgan fingerprint density at radius 2 is 1.55 bits per heavy atom. The average molecular weight is 798 g/mol. The van der Waals surface area contributed by atoms with E-state index in [0.717, 1.165) is 22.9 Å². The summed E-state index contributed by atoms with van der Waals surface area (Å²) in [5.41, 5.74) is 6.00. The van der Waals surface area contributed by atoms with Crippen LogP contribution in [-0.4, -0.2) is 60.5 Å². The van der Waals surface area contributed by atoms with Crippen molar-refractivity contribution in [2.24, 2.45) is 12.5 Å². The zero-order valence-corrected chi connectivity index (χ0v) is 33.8. The minimum Gasteiger partial charge on any atom is -0.465 e. The predicted molar refractivity (Wildman–Crippen MR) is 224 cm³/mol. The molecule has 2 aliphatic heterocycles. The Kier molecular flexibility index (Phi) is 9.88. The van der Waals surface area contributed by atoms with E-state index in [1.165, 1.54) is 10.5 Å². The quantitative estimate of drug-likeness (QED) is 0.133. The van der Waals surface area contributed by atoms with E-state index in [-0.39, 0.29) is 37.1 Å². The number of aryl methyl sites for hydroxylation is 1. The molecule has 3 amide bonds. The summed E-state index contributed by atoms with van der Waals surface area (Å²) in [4.78, 5) is 59.7. The van der Waals surface area contributed by atoms with Crippen molar-refractivity contribution in [1.29, 1.82) is 0 Å². The molecule has 6 aromatic rings. The van der Waals surface area contributed by atoms with E-state index in [2.05, 4.69) is 6.07 Å². The molecule has 0 fully saturated rings. The molecule has 11 nitrogen and oxygen atoms in total. The Hall–Kier alpha value is -6.33. The molecule has 0 bridgehead atoms. The number of amides is 3. The van der Waals surface area contributed by atoms with E-state index in [4.69, 9.17) is 16.3 Å². The van der Waals surface area contributed by atoms with E-state index in [0.29, 0.717) is 51.2 Å². The van der Waals surface area contributed by atoms with Gasteiger partial charge in [0.05, 0.1) is 28.9 Å². The van der Waals surface area contributed by atoms with Gasteiger partial charge in [-0.25, -0.2) is 4.79 Å². The number of rotatable bonds is 6. The van der Waals surface area contributed by atoms with Gasteiger partial charge < -0.3 is 28.8 Å². The summed E-state index contributed by atoms with van der Waals surface area (Å²) >= 11 is 6.67. The molecule has 0 radical (unpaired) electrons. The zero-order chi connectivity index (χ0) is 41.0. The monoisotopic (exact) mass is 797 g/mol. The summed E-state index contributed by atoms with van der Waals surface area (Å²) in [5, 5.41) is 11.5. The molecule has 1 atom stereocenters. The van der Waals surface area contributed by atoms with Crippen LogP contribution in [0.2, 0.25) is 5.02 Å².